The number of amides is 3. The molecule has 2 aliphatic rings. The molecule has 5 nitrogen and oxygen atoms in total. The number of piperidine rings is 1. The van der Waals surface area contributed by atoms with E-state index >= 15 is 0 Å². The van der Waals surface area contributed by atoms with Crippen LogP contribution in [-0.2, 0) is 4.79 Å². The number of halogens is 1. The van der Waals surface area contributed by atoms with Crippen molar-refractivity contribution in [1.82, 2.24) is 14.7 Å². The Labute approximate surface area is 126 Å². The largest absolute Gasteiger partial charge is 0.340 e. The second kappa shape index (κ2) is 6.62. The molecule has 0 spiro atoms. The first-order chi connectivity index (χ1) is 10.0. The molecule has 0 unspecified atom stereocenters. The molecule has 0 saturated carbocycles. The molecule has 0 aliphatic carbocycles. The van der Waals surface area contributed by atoms with Crippen molar-refractivity contribution >= 4 is 11.9 Å². The molecule has 0 N–H and O–H groups in total. The fourth-order valence-corrected chi connectivity index (χ4v) is 3.16. The molecule has 120 valence electrons. The van der Waals surface area contributed by atoms with E-state index in [4.69, 9.17) is 0 Å². The van der Waals surface area contributed by atoms with E-state index in [9.17, 15) is 14.0 Å². The van der Waals surface area contributed by atoms with Crippen molar-refractivity contribution in [2.75, 3.05) is 39.3 Å². The number of carbonyl (C=O) groups is 2. The maximum Gasteiger partial charge on any atom is 0.319 e. The van der Waals surface area contributed by atoms with E-state index in [1.807, 2.05) is 13.8 Å². The maximum absolute atomic E-state index is 14.9. The van der Waals surface area contributed by atoms with Crippen LogP contribution in [0.4, 0.5) is 9.18 Å². The number of carbonyl (C=O) groups excluding carboxylic acids is 2. The topological polar surface area (TPSA) is 43.9 Å². The van der Waals surface area contributed by atoms with Crippen molar-refractivity contribution in [3.63, 3.8) is 0 Å². The van der Waals surface area contributed by atoms with Crippen LogP contribution in [0.1, 0.15) is 39.5 Å². The average Bonchev–Trinajstić information content (AvgIpc) is 3.02. The zero-order chi connectivity index (χ0) is 15.5. The van der Waals surface area contributed by atoms with Gasteiger partial charge < -0.3 is 14.7 Å². The van der Waals surface area contributed by atoms with Crippen LogP contribution < -0.4 is 0 Å². The van der Waals surface area contributed by atoms with Gasteiger partial charge >= 0.3 is 6.03 Å². The van der Waals surface area contributed by atoms with Crippen molar-refractivity contribution in [3.8, 4) is 0 Å². The lowest BCUT2D eigenvalue weighted by molar-refractivity contribution is -0.145. The SMILES string of the molecule is CCN(CC)C(=O)N1CCC(F)(C(=O)N2CCCC2)CC1. The zero-order valence-corrected chi connectivity index (χ0v) is 13.1. The van der Waals surface area contributed by atoms with Gasteiger partial charge in [0.15, 0.2) is 5.67 Å². The molecule has 0 bridgehead atoms. The minimum absolute atomic E-state index is 0.0457. The van der Waals surface area contributed by atoms with Crippen molar-refractivity contribution < 1.29 is 14.0 Å². The number of nitrogens with zero attached hydrogens (tertiary/aromatic N) is 3. The lowest BCUT2D eigenvalue weighted by Crippen LogP contribution is -2.54. The molecule has 0 aromatic heterocycles. The van der Waals surface area contributed by atoms with Gasteiger partial charge in [-0.15, -0.1) is 0 Å². The van der Waals surface area contributed by atoms with Crippen LogP contribution in [0.15, 0.2) is 0 Å². The molecule has 2 saturated heterocycles. The van der Waals surface area contributed by atoms with Gasteiger partial charge in [0.1, 0.15) is 0 Å². The minimum Gasteiger partial charge on any atom is -0.340 e. The third-order valence-corrected chi connectivity index (χ3v) is 4.64. The summed E-state index contributed by atoms with van der Waals surface area (Å²) in [5.74, 6) is -0.366. The van der Waals surface area contributed by atoms with Gasteiger partial charge in [-0.3, -0.25) is 4.79 Å². The molecular formula is C15H26FN3O2. The summed E-state index contributed by atoms with van der Waals surface area (Å²) in [4.78, 5) is 29.6. The van der Waals surface area contributed by atoms with E-state index in [0.717, 1.165) is 12.8 Å². The van der Waals surface area contributed by atoms with E-state index in [2.05, 4.69) is 0 Å². The molecule has 6 heteroatoms. The number of likely N-dealkylation sites (tertiary alicyclic amines) is 2. The Morgan fingerprint density at radius 2 is 1.52 bits per heavy atom. The zero-order valence-electron chi connectivity index (χ0n) is 13.1. The summed E-state index contributed by atoms with van der Waals surface area (Å²) in [7, 11) is 0. The Kier molecular flexibility index (Phi) is 5.06. The van der Waals surface area contributed by atoms with Crippen LogP contribution in [0.3, 0.4) is 0 Å². The molecule has 2 rings (SSSR count). The van der Waals surface area contributed by atoms with E-state index < -0.39 is 5.67 Å². The molecule has 21 heavy (non-hydrogen) atoms. The standard InChI is InChI=1S/C15H26FN3O2/c1-3-17(4-2)14(21)19-11-7-15(16,8-12-19)13(20)18-9-5-6-10-18/h3-12H2,1-2H3. The number of urea groups is 1. The first-order valence-electron chi connectivity index (χ1n) is 8.04. The molecule has 2 heterocycles. The summed E-state index contributed by atoms with van der Waals surface area (Å²) in [6.07, 6.45) is 2.17. The molecule has 2 aliphatic heterocycles. The van der Waals surface area contributed by atoms with E-state index in [1.54, 1.807) is 14.7 Å². The van der Waals surface area contributed by atoms with Crippen LogP contribution in [-0.4, -0.2) is 71.6 Å². The Bertz CT molecular complexity index is 384. The normalized spacial score (nSPS) is 21.5. The Morgan fingerprint density at radius 1 is 1.00 bits per heavy atom. The summed E-state index contributed by atoms with van der Waals surface area (Å²) in [5.41, 5.74) is -1.77. The third-order valence-electron chi connectivity index (χ3n) is 4.64. The molecular weight excluding hydrogens is 273 g/mol. The first kappa shape index (κ1) is 16.0. The van der Waals surface area contributed by atoms with Crippen molar-refractivity contribution in [2.45, 2.75) is 45.2 Å². The second-order valence-electron chi connectivity index (χ2n) is 5.91. The second-order valence-corrected chi connectivity index (χ2v) is 5.91. The van der Waals surface area contributed by atoms with E-state index in [-0.39, 0.29) is 24.8 Å². The summed E-state index contributed by atoms with van der Waals surface area (Å²) in [5, 5.41) is 0. The molecule has 0 atom stereocenters. The molecule has 0 aromatic carbocycles. The smallest absolute Gasteiger partial charge is 0.319 e. The highest BCUT2D eigenvalue weighted by atomic mass is 19.1. The Balaban J connectivity index is 1.92. The van der Waals surface area contributed by atoms with Crippen molar-refractivity contribution in [2.24, 2.45) is 0 Å². The van der Waals surface area contributed by atoms with Crippen LogP contribution in [0.25, 0.3) is 0 Å². The predicted molar refractivity (Wildman–Crippen MR) is 78.8 cm³/mol. The average molecular weight is 299 g/mol. The predicted octanol–water partition coefficient (Wildman–Crippen LogP) is 1.87. The minimum atomic E-state index is -1.77. The van der Waals surface area contributed by atoms with Gasteiger partial charge in [-0.05, 0) is 26.7 Å². The van der Waals surface area contributed by atoms with Gasteiger partial charge in [-0.25, -0.2) is 9.18 Å². The number of rotatable bonds is 3. The van der Waals surface area contributed by atoms with Gasteiger partial charge in [-0.2, -0.15) is 0 Å². The fourth-order valence-electron chi connectivity index (χ4n) is 3.16. The van der Waals surface area contributed by atoms with Gasteiger partial charge in [-0.1, -0.05) is 0 Å². The number of hydrogen-bond acceptors (Lipinski definition) is 2. The van der Waals surface area contributed by atoms with E-state index in [0.29, 0.717) is 39.3 Å². The summed E-state index contributed by atoms with van der Waals surface area (Å²) in [6.45, 7) is 7.16. The number of hydrogen-bond donors (Lipinski definition) is 0. The molecule has 0 radical (unpaired) electrons. The molecule has 3 amide bonds. The lowest BCUT2D eigenvalue weighted by atomic mass is 9.92. The van der Waals surface area contributed by atoms with Crippen molar-refractivity contribution in [3.05, 3.63) is 0 Å². The third kappa shape index (κ3) is 3.30. The highest BCUT2D eigenvalue weighted by molar-refractivity contribution is 5.86. The lowest BCUT2D eigenvalue weighted by Gasteiger charge is -2.38. The summed E-state index contributed by atoms with van der Waals surface area (Å²) in [6, 6.07) is -0.0457. The number of alkyl halides is 1. The molecule has 2 fully saturated rings. The Morgan fingerprint density at radius 3 is 2.00 bits per heavy atom. The highest BCUT2D eigenvalue weighted by Crippen LogP contribution is 2.30. The van der Waals surface area contributed by atoms with Crippen LogP contribution >= 0.6 is 0 Å². The summed E-state index contributed by atoms with van der Waals surface area (Å²) >= 11 is 0. The van der Waals surface area contributed by atoms with Gasteiger partial charge in [0.25, 0.3) is 5.91 Å². The van der Waals surface area contributed by atoms with Crippen LogP contribution in [0.5, 0.6) is 0 Å². The monoisotopic (exact) mass is 299 g/mol. The summed E-state index contributed by atoms with van der Waals surface area (Å²) < 4.78 is 14.9. The van der Waals surface area contributed by atoms with E-state index in [1.165, 1.54) is 0 Å². The van der Waals surface area contributed by atoms with Gasteiger partial charge in [0.2, 0.25) is 0 Å². The van der Waals surface area contributed by atoms with Gasteiger partial charge in [0.05, 0.1) is 0 Å². The fraction of sp³-hybridized carbons (Fsp3) is 0.867. The maximum atomic E-state index is 14.9. The van der Waals surface area contributed by atoms with Crippen molar-refractivity contribution in [1.29, 1.82) is 0 Å². The Hall–Kier alpha value is -1.33. The quantitative estimate of drug-likeness (QED) is 0.798. The molecule has 0 aromatic rings. The van der Waals surface area contributed by atoms with Crippen LogP contribution in [0, 0.1) is 0 Å². The first-order valence-corrected chi connectivity index (χ1v) is 8.04. The highest BCUT2D eigenvalue weighted by Gasteiger charge is 2.45. The van der Waals surface area contributed by atoms with Gasteiger partial charge in [0, 0.05) is 52.1 Å². The van der Waals surface area contributed by atoms with Crippen LogP contribution in [0.2, 0.25) is 0 Å².